The summed E-state index contributed by atoms with van der Waals surface area (Å²) in [6.45, 7) is 2.22. The summed E-state index contributed by atoms with van der Waals surface area (Å²) in [4.78, 5) is 5.50. The number of rotatable bonds is 3. The van der Waals surface area contributed by atoms with Gasteiger partial charge < -0.3 is 5.32 Å². The Morgan fingerprint density at radius 3 is 2.84 bits per heavy atom. The molecule has 1 unspecified atom stereocenters. The normalized spacial score (nSPS) is 19.7. The molecule has 0 bridgehead atoms. The highest BCUT2D eigenvalue weighted by Gasteiger charge is 2.21. The van der Waals surface area contributed by atoms with Crippen molar-refractivity contribution in [1.29, 1.82) is 0 Å². The first-order valence-corrected chi connectivity index (χ1v) is 7.71. The van der Waals surface area contributed by atoms with Gasteiger partial charge in [0.2, 0.25) is 0 Å². The quantitative estimate of drug-likeness (QED) is 0.913. The van der Waals surface area contributed by atoms with Crippen LogP contribution in [0.1, 0.15) is 36.6 Å². The van der Waals surface area contributed by atoms with Crippen molar-refractivity contribution >= 4 is 11.8 Å². The van der Waals surface area contributed by atoms with Gasteiger partial charge in [0.05, 0.1) is 0 Å². The van der Waals surface area contributed by atoms with Crippen LogP contribution in [0, 0.1) is 0 Å². The number of hydrogen-bond donors (Lipinski definition) is 1. The maximum Gasteiger partial charge on any atom is 0.0344 e. The molecule has 98 valence electrons. The first-order valence-electron chi connectivity index (χ1n) is 6.72. The lowest BCUT2D eigenvalue weighted by Gasteiger charge is -2.29. The van der Waals surface area contributed by atoms with E-state index in [4.69, 9.17) is 0 Å². The van der Waals surface area contributed by atoms with Crippen LogP contribution in [-0.2, 0) is 0 Å². The van der Waals surface area contributed by atoms with Gasteiger partial charge >= 0.3 is 0 Å². The molecule has 3 heteroatoms. The van der Waals surface area contributed by atoms with Crippen LogP contribution in [0.3, 0.4) is 0 Å². The maximum absolute atomic E-state index is 4.08. The Morgan fingerprint density at radius 2 is 2.00 bits per heavy atom. The van der Waals surface area contributed by atoms with Crippen molar-refractivity contribution in [2.75, 3.05) is 5.75 Å². The van der Waals surface area contributed by atoms with Crippen LogP contribution >= 0.6 is 11.8 Å². The highest BCUT2D eigenvalue weighted by Crippen LogP contribution is 2.36. The van der Waals surface area contributed by atoms with E-state index in [2.05, 4.69) is 53.6 Å². The summed E-state index contributed by atoms with van der Waals surface area (Å²) < 4.78 is 0. The minimum atomic E-state index is 0.351. The summed E-state index contributed by atoms with van der Waals surface area (Å²) in [5.74, 6) is 1.19. The zero-order valence-corrected chi connectivity index (χ0v) is 11.9. The van der Waals surface area contributed by atoms with E-state index in [9.17, 15) is 0 Å². The smallest absolute Gasteiger partial charge is 0.0344 e. The first-order chi connectivity index (χ1) is 9.34. The molecule has 1 aromatic heterocycles. The number of hydrogen-bond acceptors (Lipinski definition) is 3. The summed E-state index contributed by atoms with van der Waals surface area (Å²) in [6.07, 6.45) is 4.91. The van der Waals surface area contributed by atoms with Gasteiger partial charge in [-0.3, -0.25) is 4.98 Å². The van der Waals surface area contributed by atoms with E-state index in [1.54, 1.807) is 0 Å². The minimum Gasteiger partial charge on any atom is -0.303 e. The second kappa shape index (κ2) is 5.76. The Morgan fingerprint density at radius 1 is 1.21 bits per heavy atom. The minimum absolute atomic E-state index is 0.351. The van der Waals surface area contributed by atoms with Gasteiger partial charge in [0.15, 0.2) is 0 Å². The van der Waals surface area contributed by atoms with E-state index >= 15 is 0 Å². The average molecular weight is 270 g/mol. The van der Waals surface area contributed by atoms with Crippen molar-refractivity contribution < 1.29 is 0 Å². The van der Waals surface area contributed by atoms with Gasteiger partial charge in [-0.05, 0) is 48.4 Å². The van der Waals surface area contributed by atoms with Gasteiger partial charge in [-0.2, -0.15) is 0 Å². The summed E-state index contributed by atoms with van der Waals surface area (Å²) in [7, 11) is 0. The molecule has 2 aromatic rings. The van der Waals surface area contributed by atoms with Crippen molar-refractivity contribution in [3.8, 4) is 0 Å². The van der Waals surface area contributed by atoms with E-state index in [-0.39, 0.29) is 0 Å². The van der Waals surface area contributed by atoms with Crippen LogP contribution in [-0.4, -0.2) is 10.7 Å². The Kier molecular flexibility index (Phi) is 3.85. The van der Waals surface area contributed by atoms with Crippen LogP contribution in [0.15, 0.2) is 53.7 Å². The van der Waals surface area contributed by atoms with Crippen molar-refractivity contribution in [2.45, 2.75) is 30.3 Å². The highest BCUT2D eigenvalue weighted by molar-refractivity contribution is 7.99. The van der Waals surface area contributed by atoms with Crippen molar-refractivity contribution in [1.82, 2.24) is 10.3 Å². The molecule has 2 atom stereocenters. The van der Waals surface area contributed by atoms with Crippen LogP contribution in [0.5, 0.6) is 0 Å². The molecule has 0 saturated heterocycles. The SMILES string of the molecule is C[C@@H](NC1CCSc2ccccc21)c1ccncc1. The molecule has 2 heterocycles. The zero-order valence-electron chi connectivity index (χ0n) is 11.0. The standard InChI is InChI=1S/C16H18N2S/c1-12(13-6-9-17-10-7-13)18-15-8-11-19-16-5-3-2-4-14(15)16/h2-7,9-10,12,15,18H,8,11H2,1H3/t12-,15?/m1/s1. The van der Waals surface area contributed by atoms with Crippen molar-refractivity contribution in [3.63, 3.8) is 0 Å². The number of pyridine rings is 1. The van der Waals surface area contributed by atoms with E-state index in [0.29, 0.717) is 12.1 Å². The Hall–Kier alpha value is -1.32. The number of thioether (sulfide) groups is 1. The highest BCUT2D eigenvalue weighted by atomic mass is 32.2. The van der Waals surface area contributed by atoms with E-state index in [1.807, 2.05) is 24.2 Å². The maximum atomic E-state index is 4.08. The molecule has 0 aliphatic carbocycles. The molecule has 1 N–H and O–H groups in total. The first kappa shape index (κ1) is 12.7. The third-order valence-electron chi connectivity index (χ3n) is 3.62. The molecular formula is C16H18N2S. The molecule has 0 amide bonds. The number of benzene rings is 1. The lowest BCUT2D eigenvalue weighted by molar-refractivity contribution is 0.450. The molecule has 1 aromatic carbocycles. The largest absolute Gasteiger partial charge is 0.303 e. The molecule has 2 nitrogen and oxygen atoms in total. The van der Waals surface area contributed by atoms with Gasteiger partial charge in [0.1, 0.15) is 0 Å². The fraction of sp³-hybridized carbons (Fsp3) is 0.312. The summed E-state index contributed by atoms with van der Waals surface area (Å²) in [5.41, 5.74) is 2.74. The predicted molar refractivity (Wildman–Crippen MR) is 80.3 cm³/mol. The predicted octanol–water partition coefficient (Wildman–Crippen LogP) is 3.97. The molecule has 19 heavy (non-hydrogen) atoms. The van der Waals surface area contributed by atoms with E-state index < -0.39 is 0 Å². The molecule has 1 aliphatic rings. The molecule has 0 spiro atoms. The zero-order chi connectivity index (χ0) is 13.1. The van der Waals surface area contributed by atoms with Crippen LogP contribution < -0.4 is 5.32 Å². The van der Waals surface area contributed by atoms with Crippen molar-refractivity contribution in [3.05, 3.63) is 59.9 Å². The van der Waals surface area contributed by atoms with Crippen molar-refractivity contribution in [2.24, 2.45) is 0 Å². The number of fused-ring (bicyclic) bond motifs is 1. The summed E-state index contributed by atoms with van der Waals surface area (Å²) >= 11 is 1.97. The summed E-state index contributed by atoms with van der Waals surface area (Å²) in [5, 5.41) is 3.75. The number of nitrogens with one attached hydrogen (secondary N) is 1. The molecule has 0 fully saturated rings. The van der Waals surface area contributed by atoms with Crippen LogP contribution in [0.25, 0.3) is 0 Å². The molecule has 0 saturated carbocycles. The van der Waals surface area contributed by atoms with Gasteiger partial charge in [-0.25, -0.2) is 0 Å². The number of nitrogens with zero attached hydrogens (tertiary/aromatic N) is 1. The Balaban J connectivity index is 1.78. The van der Waals surface area contributed by atoms with Gasteiger partial charge in [-0.1, -0.05) is 18.2 Å². The lowest BCUT2D eigenvalue weighted by atomic mass is 10.0. The second-order valence-corrected chi connectivity index (χ2v) is 6.03. The molecule has 0 radical (unpaired) electrons. The molecule has 1 aliphatic heterocycles. The van der Waals surface area contributed by atoms with Crippen LogP contribution in [0.2, 0.25) is 0 Å². The summed E-state index contributed by atoms with van der Waals surface area (Å²) in [6, 6.07) is 13.7. The fourth-order valence-corrected chi connectivity index (χ4v) is 3.69. The van der Waals surface area contributed by atoms with Gasteiger partial charge in [-0.15, -0.1) is 11.8 Å². The Labute approximate surface area is 118 Å². The monoisotopic (exact) mass is 270 g/mol. The topological polar surface area (TPSA) is 24.9 Å². The second-order valence-electron chi connectivity index (χ2n) is 4.90. The Bertz CT molecular complexity index is 541. The van der Waals surface area contributed by atoms with E-state index in [1.165, 1.54) is 28.2 Å². The van der Waals surface area contributed by atoms with Gasteiger partial charge in [0, 0.05) is 29.4 Å². The van der Waals surface area contributed by atoms with Crippen LogP contribution in [0.4, 0.5) is 0 Å². The average Bonchev–Trinajstić information content (AvgIpc) is 2.48. The van der Waals surface area contributed by atoms with E-state index in [0.717, 1.165) is 0 Å². The number of aromatic nitrogens is 1. The molecular weight excluding hydrogens is 252 g/mol. The fourth-order valence-electron chi connectivity index (χ4n) is 2.57. The third kappa shape index (κ3) is 2.82. The van der Waals surface area contributed by atoms with Gasteiger partial charge in [0.25, 0.3) is 0 Å². The third-order valence-corrected chi connectivity index (χ3v) is 4.74. The lowest BCUT2D eigenvalue weighted by Crippen LogP contribution is -2.27. The molecule has 3 rings (SSSR count).